The molecule has 0 saturated carbocycles. The Kier molecular flexibility index (Phi) is 5.09. The number of carbonyl (C=O) groups excluding carboxylic acids is 1. The fraction of sp³-hybridized carbons (Fsp3) is 0.200. The number of nitrogens with one attached hydrogen (secondary N) is 1. The summed E-state index contributed by atoms with van der Waals surface area (Å²) in [5, 5.41) is 19.5. The van der Waals surface area contributed by atoms with Crippen LogP contribution in [0.5, 0.6) is 0 Å². The van der Waals surface area contributed by atoms with Crippen molar-refractivity contribution in [2.45, 2.75) is 4.34 Å². The molecule has 21 heavy (non-hydrogen) atoms. The van der Waals surface area contributed by atoms with Gasteiger partial charge in [0, 0.05) is 7.05 Å². The SMILES string of the molecule is Cn1c(C(=O)Nc2nnc(SCC(=O)O)s2)cc(Cl)c1Cl. The van der Waals surface area contributed by atoms with Crippen molar-refractivity contribution in [2.75, 3.05) is 11.1 Å². The minimum Gasteiger partial charge on any atom is -0.481 e. The zero-order valence-corrected chi connectivity index (χ0v) is 13.6. The Balaban J connectivity index is 2.06. The summed E-state index contributed by atoms with van der Waals surface area (Å²) in [6.07, 6.45) is 0. The Labute approximate surface area is 137 Å². The lowest BCUT2D eigenvalue weighted by Gasteiger charge is -2.02. The standard InChI is InChI=1S/C10H8Cl2N4O3S2/c1-16-5(2-4(11)7(16)12)8(19)13-9-14-15-10(21-9)20-3-6(17)18/h2H,3H2,1H3,(H,17,18)(H,13,14,19). The zero-order valence-electron chi connectivity index (χ0n) is 10.5. The van der Waals surface area contributed by atoms with Crippen LogP contribution in [-0.2, 0) is 11.8 Å². The van der Waals surface area contributed by atoms with Crippen LogP contribution in [0.25, 0.3) is 0 Å². The van der Waals surface area contributed by atoms with Gasteiger partial charge in [0.15, 0.2) is 4.34 Å². The van der Waals surface area contributed by atoms with Crippen LogP contribution in [0.4, 0.5) is 5.13 Å². The summed E-state index contributed by atoms with van der Waals surface area (Å²) >= 11 is 13.8. The van der Waals surface area contributed by atoms with E-state index in [-0.39, 0.29) is 26.8 Å². The lowest BCUT2D eigenvalue weighted by molar-refractivity contribution is -0.133. The molecule has 2 aromatic rings. The van der Waals surface area contributed by atoms with Gasteiger partial charge in [0.1, 0.15) is 10.8 Å². The molecule has 0 aromatic carbocycles. The summed E-state index contributed by atoms with van der Waals surface area (Å²) in [4.78, 5) is 22.5. The fourth-order valence-electron chi connectivity index (χ4n) is 1.36. The van der Waals surface area contributed by atoms with Crippen LogP contribution >= 0.6 is 46.3 Å². The normalized spacial score (nSPS) is 10.6. The lowest BCUT2D eigenvalue weighted by Crippen LogP contribution is -2.15. The third-order valence-corrected chi connectivity index (χ3v) is 5.09. The number of nitrogens with zero attached hydrogens (tertiary/aromatic N) is 3. The maximum absolute atomic E-state index is 12.1. The highest BCUT2D eigenvalue weighted by Crippen LogP contribution is 2.28. The molecule has 0 atom stereocenters. The smallest absolute Gasteiger partial charge is 0.313 e. The van der Waals surface area contributed by atoms with Crippen molar-refractivity contribution in [3.05, 3.63) is 21.9 Å². The van der Waals surface area contributed by atoms with Gasteiger partial charge in [0.05, 0.1) is 10.8 Å². The van der Waals surface area contributed by atoms with Crippen molar-refractivity contribution in [3.8, 4) is 0 Å². The van der Waals surface area contributed by atoms with E-state index in [0.29, 0.717) is 4.34 Å². The highest BCUT2D eigenvalue weighted by molar-refractivity contribution is 8.01. The summed E-state index contributed by atoms with van der Waals surface area (Å²) in [6, 6.07) is 1.44. The molecule has 0 fully saturated rings. The topological polar surface area (TPSA) is 97.1 Å². The predicted octanol–water partition coefficient (Wildman–Crippen LogP) is 2.61. The number of carboxylic acid groups (broad SMARTS) is 1. The summed E-state index contributed by atoms with van der Waals surface area (Å²) < 4.78 is 1.90. The van der Waals surface area contributed by atoms with E-state index in [0.717, 1.165) is 23.1 Å². The molecule has 2 aromatic heterocycles. The summed E-state index contributed by atoms with van der Waals surface area (Å²) in [5.41, 5.74) is 0.278. The Hall–Kier alpha value is -1.29. The minimum absolute atomic E-state index is 0.119. The van der Waals surface area contributed by atoms with Crippen molar-refractivity contribution in [1.82, 2.24) is 14.8 Å². The van der Waals surface area contributed by atoms with Crippen LogP contribution in [0, 0.1) is 0 Å². The van der Waals surface area contributed by atoms with Gasteiger partial charge < -0.3 is 9.67 Å². The van der Waals surface area contributed by atoms with Crippen molar-refractivity contribution in [2.24, 2.45) is 7.05 Å². The Morgan fingerprint density at radius 2 is 2.19 bits per heavy atom. The number of halogens is 2. The molecular weight excluding hydrogens is 359 g/mol. The van der Waals surface area contributed by atoms with Gasteiger partial charge in [0.25, 0.3) is 5.91 Å². The monoisotopic (exact) mass is 366 g/mol. The number of carbonyl (C=O) groups is 2. The molecule has 1 amide bonds. The number of anilines is 1. The number of rotatable bonds is 5. The molecule has 0 bridgehead atoms. The average Bonchev–Trinajstić information content (AvgIpc) is 2.97. The van der Waals surface area contributed by atoms with Crippen LogP contribution in [-0.4, -0.2) is 37.5 Å². The van der Waals surface area contributed by atoms with Gasteiger partial charge in [-0.3, -0.25) is 14.9 Å². The fourth-order valence-corrected chi connectivity index (χ4v) is 3.21. The number of amides is 1. The molecule has 0 aliphatic carbocycles. The number of hydrogen-bond donors (Lipinski definition) is 2. The first-order valence-electron chi connectivity index (χ1n) is 5.38. The van der Waals surface area contributed by atoms with Gasteiger partial charge in [0.2, 0.25) is 5.13 Å². The van der Waals surface area contributed by atoms with E-state index >= 15 is 0 Å². The molecule has 0 aliphatic rings. The zero-order chi connectivity index (χ0) is 15.6. The van der Waals surface area contributed by atoms with Gasteiger partial charge >= 0.3 is 5.97 Å². The summed E-state index contributed by atoms with van der Waals surface area (Å²) in [6.45, 7) is 0. The third-order valence-electron chi connectivity index (χ3n) is 2.30. The highest BCUT2D eigenvalue weighted by Gasteiger charge is 2.17. The van der Waals surface area contributed by atoms with Gasteiger partial charge in [-0.05, 0) is 6.07 Å². The maximum atomic E-state index is 12.1. The van der Waals surface area contributed by atoms with E-state index in [2.05, 4.69) is 15.5 Å². The molecule has 7 nitrogen and oxygen atoms in total. The molecule has 112 valence electrons. The average molecular weight is 367 g/mol. The van der Waals surface area contributed by atoms with Crippen LogP contribution in [0.1, 0.15) is 10.5 Å². The molecule has 2 rings (SSSR count). The van der Waals surface area contributed by atoms with Crippen molar-refractivity contribution >= 4 is 63.3 Å². The first kappa shape index (κ1) is 16.1. The van der Waals surface area contributed by atoms with Crippen LogP contribution < -0.4 is 5.32 Å². The Bertz CT molecular complexity index is 701. The van der Waals surface area contributed by atoms with E-state index in [9.17, 15) is 9.59 Å². The Morgan fingerprint density at radius 3 is 2.76 bits per heavy atom. The van der Waals surface area contributed by atoms with E-state index in [1.807, 2.05) is 0 Å². The van der Waals surface area contributed by atoms with Crippen LogP contribution in [0.15, 0.2) is 10.4 Å². The molecule has 0 aliphatic heterocycles. The van der Waals surface area contributed by atoms with Crippen molar-refractivity contribution in [1.29, 1.82) is 0 Å². The molecule has 0 unspecified atom stereocenters. The third kappa shape index (κ3) is 3.88. The minimum atomic E-state index is -0.950. The van der Waals surface area contributed by atoms with E-state index < -0.39 is 11.9 Å². The molecular formula is C10H8Cl2N4O3S2. The molecule has 2 heterocycles. The number of hydrogen-bond acceptors (Lipinski definition) is 6. The molecule has 0 saturated heterocycles. The first-order chi connectivity index (χ1) is 9.88. The van der Waals surface area contributed by atoms with E-state index in [4.69, 9.17) is 28.3 Å². The van der Waals surface area contributed by atoms with Gasteiger partial charge in [-0.25, -0.2) is 0 Å². The largest absolute Gasteiger partial charge is 0.481 e. The molecule has 0 radical (unpaired) electrons. The van der Waals surface area contributed by atoms with Crippen LogP contribution in [0.2, 0.25) is 10.2 Å². The second-order valence-electron chi connectivity index (χ2n) is 3.74. The van der Waals surface area contributed by atoms with E-state index in [1.165, 1.54) is 10.6 Å². The van der Waals surface area contributed by atoms with Crippen LogP contribution in [0.3, 0.4) is 0 Å². The predicted molar refractivity (Wildman–Crippen MR) is 81.7 cm³/mol. The molecule has 11 heteroatoms. The number of thioether (sulfide) groups is 1. The lowest BCUT2D eigenvalue weighted by atomic mass is 10.4. The Morgan fingerprint density at radius 1 is 1.48 bits per heavy atom. The van der Waals surface area contributed by atoms with Crippen molar-refractivity contribution < 1.29 is 14.7 Å². The first-order valence-corrected chi connectivity index (χ1v) is 7.94. The highest BCUT2D eigenvalue weighted by atomic mass is 35.5. The summed E-state index contributed by atoms with van der Waals surface area (Å²) in [5.74, 6) is -1.50. The second-order valence-corrected chi connectivity index (χ2v) is 6.70. The summed E-state index contributed by atoms with van der Waals surface area (Å²) in [7, 11) is 1.61. The quantitative estimate of drug-likeness (QED) is 0.623. The van der Waals surface area contributed by atoms with Gasteiger partial charge in [-0.15, -0.1) is 10.2 Å². The maximum Gasteiger partial charge on any atom is 0.313 e. The number of carboxylic acids is 1. The number of aromatic nitrogens is 3. The molecule has 0 spiro atoms. The van der Waals surface area contributed by atoms with Gasteiger partial charge in [-0.2, -0.15) is 0 Å². The second kappa shape index (κ2) is 6.65. The van der Waals surface area contributed by atoms with Crippen molar-refractivity contribution in [3.63, 3.8) is 0 Å². The van der Waals surface area contributed by atoms with Gasteiger partial charge in [-0.1, -0.05) is 46.3 Å². The number of aliphatic carboxylic acids is 1. The van der Waals surface area contributed by atoms with E-state index in [1.54, 1.807) is 7.05 Å². The molecule has 2 N–H and O–H groups in total.